The fraction of sp³-hybridized carbons (Fsp3) is 0.474. The summed E-state index contributed by atoms with van der Waals surface area (Å²) in [5, 5.41) is 3.77. The summed E-state index contributed by atoms with van der Waals surface area (Å²) in [7, 11) is 1.62. The number of nitrogens with one attached hydrogen (secondary N) is 2. The third-order valence-corrected chi connectivity index (χ3v) is 5.04. The van der Waals surface area contributed by atoms with E-state index >= 15 is 0 Å². The Morgan fingerprint density at radius 1 is 1.21 bits per heavy atom. The molecule has 0 bridgehead atoms. The van der Waals surface area contributed by atoms with Crippen LogP contribution in [0.3, 0.4) is 0 Å². The van der Waals surface area contributed by atoms with Crippen LogP contribution in [0.1, 0.15) is 46.4 Å². The van der Waals surface area contributed by atoms with Gasteiger partial charge in [0.2, 0.25) is 5.91 Å². The van der Waals surface area contributed by atoms with Crippen molar-refractivity contribution in [2.24, 2.45) is 0 Å². The summed E-state index contributed by atoms with van der Waals surface area (Å²) in [5.41, 5.74) is 4.89. The zero-order valence-electron chi connectivity index (χ0n) is 14.8. The van der Waals surface area contributed by atoms with Crippen LogP contribution in [0.4, 0.5) is 0 Å². The first-order valence-corrected chi connectivity index (χ1v) is 8.56. The summed E-state index contributed by atoms with van der Waals surface area (Å²) in [5.74, 6) is -0.155. The van der Waals surface area contributed by atoms with E-state index in [9.17, 15) is 9.59 Å². The zero-order chi connectivity index (χ0) is 17.4. The molecular formula is C19H25N3O2. The van der Waals surface area contributed by atoms with Crippen LogP contribution < -0.4 is 5.32 Å². The van der Waals surface area contributed by atoms with Crippen molar-refractivity contribution >= 4 is 22.7 Å². The quantitative estimate of drug-likeness (QED) is 0.891. The van der Waals surface area contributed by atoms with Gasteiger partial charge in [-0.2, -0.15) is 0 Å². The number of carbonyl (C=O) groups excluding carboxylic acids is 2. The minimum atomic E-state index is -0.370. The summed E-state index contributed by atoms with van der Waals surface area (Å²) in [6.07, 6.45) is 2.64. The third kappa shape index (κ3) is 2.68. The number of aromatic nitrogens is 1. The molecular weight excluding hydrogens is 302 g/mol. The highest BCUT2D eigenvalue weighted by atomic mass is 16.2. The topological polar surface area (TPSA) is 65.2 Å². The lowest BCUT2D eigenvalue weighted by Gasteiger charge is -2.34. The molecule has 2 aromatic rings. The molecule has 0 spiro atoms. The minimum absolute atomic E-state index is 0.0750. The number of amides is 2. The second-order valence-electron chi connectivity index (χ2n) is 6.75. The molecule has 1 unspecified atom stereocenters. The highest BCUT2D eigenvalue weighted by Crippen LogP contribution is 2.28. The molecule has 24 heavy (non-hydrogen) atoms. The van der Waals surface area contributed by atoms with E-state index in [-0.39, 0.29) is 17.9 Å². The smallest absolute Gasteiger partial charge is 0.271 e. The standard InChI is InChI=1S/C19H25N3O2/c1-11-9-12(2)16-14(10-11)13(3)17(21-16)19(24)22-8-6-5-7-15(22)18(23)20-4/h9-10,15,21H,5-8H2,1-4H3,(H,20,23). The Labute approximate surface area is 142 Å². The van der Waals surface area contributed by atoms with Crippen molar-refractivity contribution in [3.63, 3.8) is 0 Å². The lowest BCUT2D eigenvalue weighted by molar-refractivity contribution is -0.126. The second-order valence-corrected chi connectivity index (χ2v) is 6.75. The average molecular weight is 327 g/mol. The molecule has 5 heteroatoms. The van der Waals surface area contributed by atoms with Crippen LogP contribution in [0.25, 0.3) is 10.9 Å². The van der Waals surface area contributed by atoms with Crippen LogP contribution in [0.15, 0.2) is 12.1 Å². The Morgan fingerprint density at radius 2 is 1.96 bits per heavy atom. The SMILES string of the molecule is CNC(=O)C1CCCCN1C(=O)c1[nH]c2c(C)cc(C)cc2c1C. The van der Waals surface area contributed by atoms with E-state index in [1.165, 1.54) is 5.56 Å². The molecule has 3 rings (SSSR count). The zero-order valence-corrected chi connectivity index (χ0v) is 14.8. The maximum absolute atomic E-state index is 13.1. The molecule has 1 aromatic carbocycles. The van der Waals surface area contributed by atoms with E-state index < -0.39 is 0 Å². The molecule has 2 heterocycles. The number of benzene rings is 1. The predicted octanol–water partition coefficient (Wildman–Crippen LogP) is 2.83. The molecule has 0 radical (unpaired) electrons. The Kier molecular flexibility index (Phi) is 4.35. The number of H-pyrrole nitrogens is 1. The predicted molar refractivity (Wildman–Crippen MR) is 95.3 cm³/mol. The van der Waals surface area contributed by atoms with E-state index in [0.717, 1.165) is 41.3 Å². The van der Waals surface area contributed by atoms with E-state index in [1.807, 2.05) is 13.8 Å². The first kappa shape index (κ1) is 16.6. The van der Waals surface area contributed by atoms with E-state index in [0.29, 0.717) is 12.2 Å². The second kappa shape index (κ2) is 6.30. The Balaban J connectivity index is 2.03. The van der Waals surface area contributed by atoms with Gasteiger partial charge in [0.25, 0.3) is 5.91 Å². The van der Waals surface area contributed by atoms with Gasteiger partial charge in [0.15, 0.2) is 0 Å². The first-order valence-electron chi connectivity index (χ1n) is 8.56. The lowest BCUT2D eigenvalue weighted by atomic mass is 10.00. The van der Waals surface area contributed by atoms with Gasteiger partial charge in [0.1, 0.15) is 11.7 Å². The molecule has 1 aliphatic rings. The number of likely N-dealkylation sites (tertiary alicyclic amines) is 1. The van der Waals surface area contributed by atoms with Crippen molar-refractivity contribution in [3.8, 4) is 0 Å². The van der Waals surface area contributed by atoms with Crippen molar-refractivity contribution in [3.05, 3.63) is 34.5 Å². The third-order valence-electron chi connectivity index (χ3n) is 5.04. The van der Waals surface area contributed by atoms with Gasteiger partial charge in [-0.25, -0.2) is 0 Å². The number of aryl methyl sites for hydroxylation is 3. The molecule has 0 aliphatic carbocycles. The van der Waals surface area contributed by atoms with Gasteiger partial charge in [-0.15, -0.1) is 0 Å². The number of carbonyl (C=O) groups is 2. The van der Waals surface area contributed by atoms with Gasteiger partial charge in [-0.05, 0) is 57.2 Å². The monoisotopic (exact) mass is 327 g/mol. The molecule has 1 fully saturated rings. The number of fused-ring (bicyclic) bond motifs is 1. The van der Waals surface area contributed by atoms with Crippen LogP contribution >= 0.6 is 0 Å². The number of nitrogens with zero attached hydrogens (tertiary/aromatic N) is 1. The molecule has 2 amide bonds. The summed E-state index contributed by atoms with van der Waals surface area (Å²) in [6.45, 7) is 6.72. The minimum Gasteiger partial charge on any atom is -0.357 e. The number of rotatable bonds is 2. The van der Waals surface area contributed by atoms with E-state index in [1.54, 1.807) is 11.9 Å². The maximum atomic E-state index is 13.1. The molecule has 1 aromatic heterocycles. The van der Waals surface area contributed by atoms with Gasteiger partial charge in [0, 0.05) is 24.5 Å². The summed E-state index contributed by atoms with van der Waals surface area (Å²) in [4.78, 5) is 30.3. The molecule has 1 saturated heterocycles. The van der Waals surface area contributed by atoms with Crippen LogP contribution in [-0.4, -0.2) is 41.3 Å². The van der Waals surface area contributed by atoms with Gasteiger partial charge >= 0.3 is 0 Å². The lowest BCUT2D eigenvalue weighted by Crippen LogP contribution is -2.51. The summed E-state index contributed by atoms with van der Waals surface area (Å²) < 4.78 is 0. The molecule has 1 atom stereocenters. The van der Waals surface area contributed by atoms with Crippen LogP contribution in [0.5, 0.6) is 0 Å². The highest BCUT2D eigenvalue weighted by Gasteiger charge is 2.33. The van der Waals surface area contributed by atoms with Crippen molar-refractivity contribution in [2.45, 2.75) is 46.1 Å². The largest absolute Gasteiger partial charge is 0.357 e. The molecule has 1 aliphatic heterocycles. The Morgan fingerprint density at radius 3 is 2.67 bits per heavy atom. The van der Waals surface area contributed by atoms with E-state index in [4.69, 9.17) is 0 Å². The summed E-state index contributed by atoms with van der Waals surface area (Å²) in [6, 6.07) is 3.85. The van der Waals surface area contributed by atoms with Gasteiger partial charge in [0.05, 0.1) is 0 Å². The van der Waals surface area contributed by atoms with Crippen LogP contribution in [0.2, 0.25) is 0 Å². The molecule has 128 valence electrons. The number of likely N-dealkylation sites (N-methyl/N-ethyl adjacent to an activating group) is 1. The fourth-order valence-corrected chi connectivity index (χ4v) is 3.75. The molecule has 0 saturated carbocycles. The van der Waals surface area contributed by atoms with Gasteiger partial charge in [-0.1, -0.05) is 11.6 Å². The fourth-order valence-electron chi connectivity index (χ4n) is 3.75. The maximum Gasteiger partial charge on any atom is 0.271 e. The van der Waals surface area contributed by atoms with Crippen LogP contribution in [-0.2, 0) is 4.79 Å². The summed E-state index contributed by atoms with van der Waals surface area (Å²) >= 11 is 0. The van der Waals surface area contributed by atoms with E-state index in [2.05, 4.69) is 29.4 Å². The van der Waals surface area contributed by atoms with Crippen molar-refractivity contribution < 1.29 is 9.59 Å². The Bertz CT molecular complexity index is 807. The van der Waals surface area contributed by atoms with Crippen molar-refractivity contribution in [1.82, 2.24) is 15.2 Å². The van der Waals surface area contributed by atoms with Crippen molar-refractivity contribution in [1.29, 1.82) is 0 Å². The number of aromatic amines is 1. The van der Waals surface area contributed by atoms with Gasteiger partial charge < -0.3 is 15.2 Å². The number of hydrogen-bond donors (Lipinski definition) is 2. The molecule has 2 N–H and O–H groups in total. The average Bonchev–Trinajstić information content (AvgIpc) is 2.91. The van der Waals surface area contributed by atoms with Crippen molar-refractivity contribution in [2.75, 3.05) is 13.6 Å². The first-order chi connectivity index (χ1) is 11.4. The highest BCUT2D eigenvalue weighted by molar-refractivity contribution is 6.03. The Hall–Kier alpha value is -2.30. The van der Waals surface area contributed by atoms with Gasteiger partial charge in [-0.3, -0.25) is 9.59 Å². The van der Waals surface area contributed by atoms with Crippen LogP contribution in [0, 0.1) is 20.8 Å². The number of hydrogen-bond acceptors (Lipinski definition) is 2. The number of piperidine rings is 1. The normalized spacial score (nSPS) is 18.0. The molecule has 5 nitrogen and oxygen atoms in total.